The minimum atomic E-state index is -0.324. The lowest BCUT2D eigenvalue weighted by Crippen LogP contribution is -2.45. The van der Waals surface area contributed by atoms with Crippen molar-refractivity contribution in [1.82, 2.24) is 10.2 Å². The van der Waals surface area contributed by atoms with Crippen molar-refractivity contribution in [2.45, 2.75) is 19.4 Å². The molecule has 0 amide bonds. The Morgan fingerprint density at radius 1 is 1.54 bits per heavy atom. The molecule has 2 rings (SSSR count). The van der Waals surface area contributed by atoms with Crippen LogP contribution in [0.3, 0.4) is 0 Å². The summed E-state index contributed by atoms with van der Waals surface area (Å²) in [6, 6.07) is 0. The van der Waals surface area contributed by atoms with Gasteiger partial charge in [-0.15, -0.1) is 0 Å². The Kier molecular flexibility index (Phi) is 2.48. The molecular formula is C8H14N2O3. The zero-order valence-electron chi connectivity index (χ0n) is 7.66. The molecule has 1 N–H and O–H groups in total. The quantitative estimate of drug-likeness (QED) is 0.449. The van der Waals surface area contributed by atoms with E-state index in [1.54, 1.807) is 0 Å². The van der Waals surface area contributed by atoms with Crippen molar-refractivity contribution in [3.8, 4) is 0 Å². The molecule has 0 aromatic rings. The van der Waals surface area contributed by atoms with Crippen LogP contribution in [0.25, 0.3) is 0 Å². The fraction of sp³-hybridized carbons (Fsp3) is 0.875. The highest BCUT2D eigenvalue weighted by molar-refractivity contribution is 5.66. The van der Waals surface area contributed by atoms with E-state index in [9.17, 15) is 4.79 Å². The maximum absolute atomic E-state index is 10.6. The van der Waals surface area contributed by atoms with Crippen LogP contribution in [-0.4, -0.2) is 49.6 Å². The van der Waals surface area contributed by atoms with E-state index < -0.39 is 0 Å². The molecule has 0 aromatic heterocycles. The summed E-state index contributed by atoms with van der Waals surface area (Å²) in [5.74, 6) is -0.275. The summed E-state index contributed by atoms with van der Waals surface area (Å²) in [5, 5.41) is 3.25. The number of esters is 1. The number of nitrogens with one attached hydrogen (secondary N) is 1. The maximum Gasteiger partial charge on any atom is 0.305 e. The van der Waals surface area contributed by atoms with E-state index in [0.29, 0.717) is 0 Å². The summed E-state index contributed by atoms with van der Waals surface area (Å²) in [7, 11) is 0. The number of rotatable bonds is 2. The lowest BCUT2D eigenvalue weighted by molar-refractivity contribution is -0.145. The minimum absolute atomic E-state index is 0.00556. The third kappa shape index (κ3) is 2.18. The lowest BCUT2D eigenvalue weighted by Gasteiger charge is -2.24. The van der Waals surface area contributed by atoms with Crippen LogP contribution in [0, 0.1) is 0 Å². The second kappa shape index (κ2) is 3.61. The Hall–Kier alpha value is -0.650. The van der Waals surface area contributed by atoms with Gasteiger partial charge >= 0.3 is 5.97 Å². The van der Waals surface area contributed by atoms with Crippen LogP contribution in [-0.2, 0) is 14.3 Å². The molecule has 5 nitrogen and oxygen atoms in total. The van der Waals surface area contributed by atoms with Crippen molar-refractivity contribution in [3.05, 3.63) is 0 Å². The summed E-state index contributed by atoms with van der Waals surface area (Å²) >= 11 is 0. The van der Waals surface area contributed by atoms with Gasteiger partial charge in [-0.1, -0.05) is 0 Å². The first kappa shape index (κ1) is 8.93. The highest BCUT2D eigenvalue weighted by Gasteiger charge is 2.46. The molecule has 2 atom stereocenters. The number of ether oxygens (including phenoxy) is 2. The van der Waals surface area contributed by atoms with Crippen LogP contribution in [0.2, 0.25) is 0 Å². The van der Waals surface area contributed by atoms with Gasteiger partial charge in [0, 0.05) is 33.1 Å². The predicted molar refractivity (Wildman–Crippen MR) is 44.9 cm³/mol. The topological polar surface area (TPSA) is 54.1 Å². The van der Waals surface area contributed by atoms with E-state index in [2.05, 4.69) is 10.2 Å². The van der Waals surface area contributed by atoms with E-state index in [0.717, 1.165) is 26.2 Å². The van der Waals surface area contributed by atoms with Crippen molar-refractivity contribution in [3.63, 3.8) is 0 Å². The van der Waals surface area contributed by atoms with Gasteiger partial charge in [0.1, 0.15) is 0 Å². The summed E-state index contributed by atoms with van der Waals surface area (Å²) in [6.07, 6.45) is -0.318. The molecule has 13 heavy (non-hydrogen) atoms. The Balaban J connectivity index is 1.74. The molecule has 0 aromatic carbocycles. The highest BCUT2D eigenvalue weighted by atomic mass is 16.8. The van der Waals surface area contributed by atoms with Crippen LogP contribution in [0.15, 0.2) is 0 Å². The summed E-state index contributed by atoms with van der Waals surface area (Å²) in [5.41, 5.74) is 0. The molecule has 2 aliphatic heterocycles. The monoisotopic (exact) mass is 186 g/mol. The predicted octanol–water partition coefficient (Wildman–Crippen LogP) is -0.863. The summed E-state index contributed by atoms with van der Waals surface area (Å²) < 4.78 is 10.1. The lowest BCUT2D eigenvalue weighted by atomic mass is 10.3. The van der Waals surface area contributed by atoms with Gasteiger partial charge < -0.3 is 14.8 Å². The van der Waals surface area contributed by atoms with Gasteiger partial charge in [-0.2, -0.15) is 0 Å². The largest absolute Gasteiger partial charge is 0.431 e. The first-order chi connectivity index (χ1) is 6.27. The first-order valence-electron chi connectivity index (χ1n) is 4.55. The molecule has 0 aliphatic carbocycles. The van der Waals surface area contributed by atoms with Gasteiger partial charge in [0.25, 0.3) is 0 Å². The second-order valence-electron chi connectivity index (χ2n) is 3.29. The van der Waals surface area contributed by atoms with Crippen LogP contribution >= 0.6 is 0 Å². The van der Waals surface area contributed by atoms with Crippen LogP contribution in [0.4, 0.5) is 0 Å². The average Bonchev–Trinajstić information content (AvgIpc) is 2.84. The third-order valence-electron chi connectivity index (χ3n) is 2.22. The molecule has 2 heterocycles. The zero-order chi connectivity index (χ0) is 9.26. The van der Waals surface area contributed by atoms with E-state index in [4.69, 9.17) is 9.47 Å². The fourth-order valence-corrected chi connectivity index (χ4v) is 1.54. The maximum atomic E-state index is 10.6. The van der Waals surface area contributed by atoms with Gasteiger partial charge in [-0.3, -0.25) is 9.69 Å². The van der Waals surface area contributed by atoms with Crippen molar-refractivity contribution >= 4 is 5.97 Å². The van der Waals surface area contributed by atoms with Crippen LogP contribution in [0.5, 0.6) is 0 Å². The van der Waals surface area contributed by atoms with Gasteiger partial charge in [0.15, 0.2) is 6.23 Å². The number of carbonyl (C=O) groups excluding carboxylic acids is 1. The smallest absolute Gasteiger partial charge is 0.305 e. The number of piperazine rings is 1. The molecule has 0 bridgehead atoms. The fourth-order valence-electron chi connectivity index (χ4n) is 1.54. The van der Waals surface area contributed by atoms with Gasteiger partial charge in [-0.05, 0) is 0 Å². The molecule has 2 saturated heterocycles. The van der Waals surface area contributed by atoms with E-state index in [1.807, 2.05) is 0 Å². The van der Waals surface area contributed by atoms with Gasteiger partial charge in [-0.25, -0.2) is 0 Å². The molecular weight excluding hydrogens is 172 g/mol. The number of carbonyl (C=O) groups is 1. The van der Waals surface area contributed by atoms with E-state index in [-0.39, 0.29) is 18.5 Å². The second-order valence-corrected chi connectivity index (χ2v) is 3.29. The summed E-state index contributed by atoms with van der Waals surface area (Å²) in [6.45, 7) is 5.28. The Bertz CT molecular complexity index is 204. The molecule has 0 radical (unpaired) electrons. The average molecular weight is 186 g/mol. The Morgan fingerprint density at radius 2 is 2.23 bits per heavy atom. The van der Waals surface area contributed by atoms with Gasteiger partial charge in [0.2, 0.25) is 6.29 Å². The summed E-state index contributed by atoms with van der Waals surface area (Å²) in [4.78, 5) is 12.8. The zero-order valence-corrected chi connectivity index (χ0v) is 7.66. The Labute approximate surface area is 77.0 Å². The standard InChI is InChI=1S/C8H14N2O3/c1-6(11)12-8-7(13-8)10-4-2-9-3-5-10/h7-9H,2-5H2,1H3. The third-order valence-corrected chi connectivity index (χ3v) is 2.22. The molecule has 0 saturated carbocycles. The van der Waals surface area contributed by atoms with Crippen molar-refractivity contribution in [1.29, 1.82) is 0 Å². The number of hydrogen-bond acceptors (Lipinski definition) is 5. The van der Waals surface area contributed by atoms with Gasteiger partial charge in [0.05, 0.1) is 0 Å². The molecule has 2 aliphatic rings. The van der Waals surface area contributed by atoms with Crippen molar-refractivity contribution < 1.29 is 14.3 Å². The molecule has 2 fully saturated rings. The number of epoxide rings is 1. The van der Waals surface area contributed by atoms with Crippen LogP contribution in [0.1, 0.15) is 6.92 Å². The van der Waals surface area contributed by atoms with Crippen molar-refractivity contribution in [2.75, 3.05) is 26.2 Å². The number of nitrogens with zero attached hydrogens (tertiary/aromatic N) is 1. The van der Waals surface area contributed by atoms with Crippen LogP contribution < -0.4 is 5.32 Å². The van der Waals surface area contributed by atoms with E-state index >= 15 is 0 Å². The van der Waals surface area contributed by atoms with E-state index in [1.165, 1.54) is 6.92 Å². The molecule has 0 spiro atoms. The normalized spacial score (nSPS) is 34.2. The van der Waals surface area contributed by atoms with Crippen molar-refractivity contribution in [2.24, 2.45) is 0 Å². The number of hydrogen-bond donors (Lipinski definition) is 1. The first-order valence-corrected chi connectivity index (χ1v) is 4.55. The minimum Gasteiger partial charge on any atom is -0.431 e. The molecule has 5 heteroatoms. The Morgan fingerprint density at radius 3 is 2.85 bits per heavy atom. The molecule has 74 valence electrons. The SMILES string of the molecule is CC(=O)OC1OC1N1CCNCC1. The highest BCUT2D eigenvalue weighted by Crippen LogP contribution is 2.27. The molecule has 2 unspecified atom stereocenters.